The van der Waals surface area contributed by atoms with E-state index in [0.29, 0.717) is 38.5 Å². The van der Waals surface area contributed by atoms with Gasteiger partial charge in [0.05, 0.1) is 0 Å². The van der Waals surface area contributed by atoms with Gasteiger partial charge in [0.25, 0.3) is 0 Å². The molecule has 0 fully saturated rings. The molecule has 0 spiro atoms. The first-order chi connectivity index (χ1) is 22.2. The maximum atomic E-state index is 13.8. The third-order valence-corrected chi connectivity index (χ3v) is 8.14. The minimum atomic E-state index is -0.841. The predicted molar refractivity (Wildman–Crippen MR) is 180 cm³/mol. The molecule has 1 unspecified atom stereocenters. The van der Waals surface area contributed by atoms with Crippen LogP contribution in [0.1, 0.15) is 75.6 Å². The quantitative estimate of drug-likeness (QED) is 0.192. The second-order valence-corrected chi connectivity index (χ2v) is 13.0. The fraction of sp³-hybridized carbons (Fsp3) is 0.447. The van der Waals surface area contributed by atoms with E-state index in [4.69, 9.17) is 9.47 Å². The van der Waals surface area contributed by atoms with Crippen molar-refractivity contribution in [3.8, 4) is 5.75 Å². The summed E-state index contributed by atoms with van der Waals surface area (Å²) in [7, 11) is 0. The zero-order valence-corrected chi connectivity index (χ0v) is 27.7. The first-order valence-corrected chi connectivity index (χ1v) is 16.5. The SMILES string of the molecule is CC(C)CCC(=O)C(NC(=O)[C@H](CC(C)C)NC(=O)OCc1ccccc1)N1CCCc2cc(OCc3ccccc3)ccc2C1. The molecule has 46 heavy (non-hydrogen) atoms. The van der Waals surface area contributed by atoms with Crippen molar-refractivity contribution < 1.29 is 23.9 Å². The molecule has 2 N–H and O–H groups in total. The lowest BCUT2D eigenvalue weighted by Gasteiger charge is -2.32. The Kier molecular flexibility index (Phi) is 13.2. The average molecular weight is 628 g/mol. The highest BCUT2D eigenvalue weighted by atomic mass is 16.5. The van der Waals surface area contributed by atoms with Crippen molar-refractivity contribution in [3.05, 3.63) is 101 Å². The summed E-state index contributed by atoms with van der Waals surface area (Å²) in [6, 6.07) is 24.8. The number of amides is 2. The molecule has 4 rings (SSSR count). The van der Waals surface area contributed by atoms with Gasteiger partial charge >= 0.3 is 6.09 Å². The highest BCUT2D eigenvalue weighted by Crippen LogP contribution is 2.26. The van der Waals surface area contributed by atoms with Gasteiger partial charge in [-0.3, -0.25) is 14.5 Å². The Labute approximate surface area is 273 Å². The molecule has 8 nitrogen and oxygen atoms in total. The normalized spacial score (nSPS) is 14.6. The Morgan fingerprint density at radius 3 is 2.13 bits per heavy atom. The third-order valence-electron chi connectivity index (χ3n) is 8.14. The Morgan fingerprint density at radius 1 is 0.804 bits per heavy atom. The molecule has 2 atom stereocenters. The Hall–Kier alpha value is -4.17. The van der Waals surface area contributed by atoms with Crippen molar-refractivity contribution in [3.63, 3.8) is 0 Å². The van der Waals surface area contributed by atoms with Crippen LogP contribution in [0.3, 0.4) is 0 Å². The highest BCUT2D eigenvalue weighted by Gasteiger charge is 2.32. The lowest BCUT2D eigenvalue weighted by atomic mass is 10.0. The molecule has 1 heterocycles. The highest BCUT2D eigenvalue weighted by molar-refractivity contribution is 5.92. The molecular formula is C38H49N3O5. The summed E-state index contributed by atoms with van der Waals surface area (Å²) in [6.45, 7) is 9.93. The van der Waals surface area contributed by atoms with Crippen LogP contribution in [-0.2, 0) is 40.5 Å². The number of rotatable bonds is 15. The van der Waals surface area contributed by atoms with Crippen molar-refractivity contribution in [2.24, 2.45) is 11.8 Å². The average Bonchev–Trinajstić information content (AvgIpc) is 3.26. The molecule has 2 amide bonds. The summed E-state index contributed by atoms with van der Waals surface area (Å²) < 4.78 is 11.5. The number of carbonyl (C=O) groups excluding carboxylic acids is 3. The van der Waals surface area contributed by atoms with Crippen LogP contribution in [0, 0.1) is 11.8 Å². The van der Waals surface area contributed by atoms with Crippen LogP contribution in [-0.4, -0.2) is 41.4 Å². The number of fused-ring (bicyclic) bond motifs is 1. The number of hydrogen-bond donors (Lipinski definition) is 2. The number of carbonyl (C=O) groups is 3. The van der Waals surface area contributed by atoms with Gasteiger partial charge < -0.3 is 20.1 Å². The maximum Gasteiger partial charge on any atom is 0.408 e. The summed E-state index contributed by atoms with van der Waals surface area (Å²) in [5.41, 5.74) is 4.27. The number of alkyl carbamates (subject to hydrolysis) is 1. The second-order valence-electron chi connectivity index (χ2n) is 13.0. The molecule has 0 aliphatic carbocycles. The van der Waals surface area contributed by atoms with Crippen molar-refractivity contribution in [1.29, 1.82) is 0 Å². The van der Waals surface area contributed by atoms with Gasteiger partial charge in [-0.15, -0.1) is 0 Å². The van der Waals surface area contributed by atoms with Crippen LogP contribution in [0.2, 0.25) is 0 Å². The molecule has 1 aliphatic heterocycles. The Balaban J connectivity index is 1.46. The van der Waals surface area contributed by atoms with E-state index >= 15 is 0 Å². The lowest BCUT2D eigenvalue weighted by Crippen LogP contribution is -2.57. The van der Waals surface area contributed by atoms with Crippen molar-refractivity contribution in [1.82, 2.24) is 15.5 Å². The van der Waals surface area contributed by atoms with Crippen LogP contribution in [0.25, 0.3) is 0 Å². The maximum absolute atomic E-state index is 13.8. The molecule has 1 aliphatic rings. The van der Waals surface area contributed by atoms with Gasteiger partial charge in [0, 0.05) is 19.5 Å². The lowest BCUT2D eigenvalue weighted by molar-refractivity contribution is -0.133. The number of aryl methyl sites for hydroxylation is 1. The van der Waals surface area contributed by atoms with Crippen LogP contribution in [0.15, 0.2) is 78.9 Å². The molecule has 8 heteroatoms. The molecule has 246 valence electrons. The van der Waals surface area contributed by atoms with Gasteiger partial charge in [-0.1, -0.05) is 94.4 Å². The van der Waals surface area contributed by atoms with E-state index in [1.165, 1.54) is 5.56 Å². The van der Waals surface area contributed by atoms with E-state index in [1.807, 2.05) is 80.6 Å². The van der Waals surface area contributed by atoms with Gasteiger partial charge in [0.15, 0.2) is 5.78 Å². The van der Waals surface area contributed by atoms with E-state index in [0.717, 1.165) is 41.7 Å². The van der Waals surface area contributed by atoms with E-state index in [9.17, 15) is 14.4 Å². The number of Topliss-reactive ketones (excluding diaryl/α,β-unsaturated/α-hetero) is 1. The standard InChI is InChI=1S/C38H49N3O5/c1-27(2)17-20-35(42)36(40-37(43)34(22-28(3)4)39-38(44)46-26-30-14-9-6-10-15-30)41-21-11-16-31-23-33(19-18-32(31)24-41)45-25-29-12-7-5-8-13-29/h5-10,12-15,18-19,23,27-28,34,36H,11,16-17,20-22,24-26H2,1-4H3,(H,39,44)(H,40,43)/t34-,36?/m0/s1. The fourth-order valence-electron chi connectivity index (χ4n) is 5.60. The van der Waals surface area contributed by atoms with E-state index in [1.54, 1.807) is 0 Å². The topological polar surface area (TPSA) is 97.0 Å². The molecule has 3 aromatic rings. The second kappa shape index (κ2) is 17.5. The van der Waals surface area contributed by atoms with Gasteiger partial charge in [-0.2, -0.15) is 0 Å². The first kappa shape index (κ1) is 34.7. The van der Waals surface area contributed by atoms with Crippen molar-refractivity contribution in [2.45, 2.75) is 91.8 Å². The van der Waals surface area contributed by atoms with Crippen LogP contribution < -0.4 is 15.4 Å². The first-order valence-electron chi connectivity index (χ1n) is 16.5. The van der Waals surface area contributed by atoms with Gasteiger partial charge in [0.2, 0.25) is 5.91 Å². The predicted octanol–water partition coefficient (Wildman–Crippen LogP) is 6.80. The number of benzene rings is 3. The molecule has 3 aromatic carbocycles. The summed E-state index contributed by atoms with van der Waals surface area (Å²) in [5.74, 6) is 0.888. The minimum Gasteiger partial charge on any atom is -0.489 e. The number of ether oxygens (including phenoxy) is 2. The molecule has 0 saturated heterocycles. The van der Waals surface area contributed by atoms with E-state index in [-0.39, 0.29) is 24.2 Å². The number of hydrogen-bond acceptors (Lipinski definition) is 6. The number of nitrogens with zero attached hydrogens (tertiary/aromatic N) is 1. The van der Waals surface area contributed by atoms with Crippen molar-refractivity contribution >= 4 is 17.8 Å². The van der Waals surface area contributed by atoms with Crippen LogP contribution in [0.4, 0.5) is 4.79 Å². The van der Waals surface area contributed by atoms with E-state index < -0.39 is 18.3 Å². The minimum absolute atomic E-state index is 0.0248. The largest absolute Gasteiger partial charge is 0.489 e. The molecule has 0 radical (unpaired) electrons. The summed E-state index contributed by atoms with van der Waals surface area (Å²) in [5, 5.41) is 5.80. The van der Waals surface area contributed by atoms with Crippen LogP contribution in [0.5, 0.6) is 5.75 Å². The number of nitrogens with one attached hydrogen (secondary N) is 2. The fourth-order valence-corrected chi connectivity index (χ4v) is 5.60. The third kappa shape index (κ3) is 11.0. The molecule has 0 saturated carbocycles. The van der Waals surface area contributed by atoms with Crippen molar-refractivity contribution in [2.75, 3.05) is 6.54 Å². The molecular weight excluding hydrogens is 578 g/mol. The zero-order valence-electron chi connectivity index (χ0n) is 27.7. The van der Waals surface area contributed by atoms with Gasteiger partial charge in [-0.05, 0) is 71.9 Å². The van der Waals surface area contributed by atoms with Gasteiger partial charge in [0.1, 0.15) is 31.2 Å². The summed E-state index contributed by atoms with van der Waals surface area (Å²) in [4.78, 5) is 42.3. The number of ketones is 1. The summed E-state index contributed by atoms with van der Waals surface area (Å²) in [6.07, 6.45) is 1.72. The van der Waals surface area contributed by atoms with Crippen LogP contribution >= 0.6 is 0 Å². The summed E-state index contributed by atoms with van der Waals surface area (Å²) >= 11 is 0. The zero-order chi connectivity index (χ0) is 32.9. The smallest absolute Gasteiger partial charge is 0.408 e. The van der Waals surface area contributed by atoms with E-state index in [2.05, 4.69) is 41.5 Å². The Morgan fingerprint density at radius 2 is 1.48 bits per heavy atom. The monoisotopic (exact) mass is 627 g/mol. The molecule has 0 aromatic heterocycles. The van der Waals surface area contributed by atoms with Gasteiger partial charge in [-0.25, -0.2) is 4.79 Å². The Bertz CT molecular complexity index is 1410. The molecule has 0 bridgehead atoms.